The number of nitro groups is 1. The van der Waals surface area contributed by atoms with E-state index in [1.165, 1.54) is 19.1 Å². The molecule has 1 aromatic rings. The number of nitro benzene ring substituents is 1. The van der Waals surface area contributed by atoms with E-state index in [1.54, 1.807) is 6.92 Å². The van der Waals surface area contributed by atoms with Crippen LogP contribution in [0.2, 0.25) is 0 Å². The van der Waals surface area contributed by atoms with Gasteiger partial charge in [-0.05, 0) is 25.8 Å². The van der Waals surface area contributed by atoms with E-state index < -0.39 is 26.7 Å². The third-order valence-corrected chi connectivity index (χ3v) is 4.36. The maximum Gasteiger partial charge on any atom is 0.289 e. The smallest absolute Gasteiger partial charge is 0.289 e. The van der Waals surface area contributed by atoms with Crippen LogP contribution in [0.3, 0.4) is 0 Å². The van der Waals surface area contributed by atoms with Crippen molar-refractivity contribution in [1.29, 1.82) is 0 Å². The zero-order valence-corrected chi connectivity index (χ0v) is 11.5. The molecule has 0 amide bonds. The quantitative estimate of drug-likeness (QED) is 0.598. The molecule has 1 unspecified atom stereocenters. The summed E-state index contributed by atoms with van der Waals surface area (Å²) < 4.78 is 26.6. The summed E-state index contributed by atoms with van der Waals surface area (Å²) in [5.74, 6) is 0. The van der Waals surface area contributed by atoms with E-state index in [0.717, 1.165) is 6.07 Å². The SMILES string of the molecule is Cc1cccc([N+](=O)[O-])c1S(=O)(=O)NC(C)CCO. The molecule has 106 valence electrons. The normalized spacial score (nSPS) is 13.2. The number of rotatable bonds is 6. The van der Waals surface area contributed by atoms with E-state index in [-0.39, 0.29) is 17.9 Å². The molecule has 0 aliphatic carbocycles. The molecule has 0 saturated carbocycles. The summed E-state index contributed by atoms with van der Waals surface area (Å²) in [6, 6.07) is 3.58. The molecule has 0 radical (unpaired) electrons. The standard InChI is InChI=1S/C11H16N2O5S/c1-8-4-3-5-10(13(15)16)11(8)19(17,18)12-9(2)6-7-14/h3-5,9,12,14H,6-7H2,1-2H3. The van der Waals surface area contributed by atoms with Crippen LogP contribution in [0.4, 0.5) is 5.69 Å². The molecule has 0 spiro atoms. The van der Waals surface area contributed by atoms with Gasteiger partial charge in [-0.15, -0.1) is 0 Å². The number of aliphatic hydroxyl groups excluding tert-OH is 1. The Morgan fingerprint density at radius 1 is 1.47 bits per heavy atom. The fourth-order valence-corrected chi connectivity index (χ4v) is 3.38. The molecule has 0 heterocycles. The molecule has 1 aromatic carbocycles. The predicted molar refractivity (Wildman–Crippen MR) is 69.3 cm³/mol. The second-order valence-electron chi connectivity index (χ2n) is 4.21. The lowest BCUT2D eigenvalue weighted by molar-refractivity contribution is -0.387. The molecule has 0 saturated heterocycles. The van der Waals surface area contributed by atoms with Gasteiger partial charge in [0, 0.05) is 18.7 Å². The Labute approximate surface area is 111 Å². The Hall–Kier alpha value is -1.51. The first-order valence-corrected chi connectivity index (χ1v) is 7.15. The average molecular weight is 288 g/mol. The van der Waals surface area contributed by atoms with Crippen LogP contribution >= 0.6 is 0 Å². The van der Waals surface area contributed by atoms with Crippen molar-refractivity contribution in [3.05, 3.63) is 33.9 Å². The zero-order valence-electron chi connectivity index (χ0n) is 10.7. The molecule has 19 heavy (non-hydrogen) atoms. The number of aryl methyl sites for hydroxylation is 1. The largest absolute Gasteiger partial charge is 0.396 e. The summed E-state index contributed by atoms with van der Waals surface area (Å²) >= 11 is 0. The minimum atomic E-state index is -3.99. The molecule has 2 N–H and O–H groups in total. The molecule has 7 nitrogen and oxygen atoms in total. The van der Waals surface area contributed by atoms with Crippen molar-refractivity contribution in [3.63, 3.8) is 0 Å². The van der Waals surface area contributed by atoms with Crippen molar-refractivity contribution in [1.82, 2.24) is 4.72 Å². The van der Waals surface area contributed by atoms with Gasteiger partial charge in [0.2, 0.25) is 10.0 Å². The van der Waals surface area contributed by atoms with Gasteiger partial charge >= 0.3 is 0 Å². The fraction of sp³-hybridized carbons (Fsp3) is 0.455. The Morgan fingerprint density at radius 2 is 2.11 bits per heavy atom. The van der Waals surface area contributed by atoms with Crippen LogP contribution in [0, 0.1) is 17.0 Å². The first-order chi connectivity index (χ1) is 8.79. The van der Waals surface area contributed by atoms with Crippen LogP contribution in [0.25, 0.3) is 0 Å². The topological polar surface area (TPSA) is 110 Å². The summed E-state index contributed by atoms with van der Waals surface area (Å²) in [6.45, 7) is 2.91. The lowest BCUT2D eigenvalue weighted by atomic mass is 10.2. The monoisotopic (exact) mass is 288 g/mol. The Kier molecular flexibility index (Phi) is 4.98. The number of hydrogen-bond acceptors (Lipinski definition) is 5. The van der Waals surface area contributed by atoms with Crippen molar-refractivity contribution < 1.29 is 18.4 Å². The fourth-order valence-electron chi connectivity index (χ4n) is 1.71. The van der Waals surface area contributed by atoms with Crippen molar-refractivity contribution >= 4 is 15.7 Å². The van der Waals surface area contributed by atoms with Crippen LogP contribution in [-0.4, -0.2) is 31.1 Å². The van der Waals surface area contributed by atoms with E-state index in [0.29, 0.717) is 5.56 Å². The maximum atomic E-state index is 12.2. The van der Waals surface area contributed by atoms with Gasteiger partial charge in [-0.25, -0.2) is 13.1 Å². The maximum absolute atomic E-state index is 12.2. The minimum Gasteiger partial charge on any atom is -0.396 e. The van der Waals surface area contributed by atoms with Gasteiger partial charge in [0.15, 0.2) is 4.90 Å². The van der Waals surface area contributed by atoms with E-state index in [4.69, 9.17) is 5.11 Å². The minimum absolute atomic E-state index is 0.167. The average Bonchev–Trinajstić information content (AvgIpc) is 2.27. The number of benzene rings is 1. The van der Waals surface area contributed by atoms with Crippen LogP contribution < -0.4 is 4.72 Å². The summed E-state index contributed by atoms with van der Waals surface area (Å²) in [5, 5.41) is 19.7. The highest BCUT2D eigenvalue weighted by Gasteiger charge is 2.28. The highest BCUT2D eigenvalue weighted by Crippen LogP contribution is 2.26. The molecule has 0 bridgehead atoms. The third-order valence-electron chi connectivity index (χ3n) is 2.57. The molecule has 1 atom stereocenters. The van der Waals surface area contributed by atoms with E-state index in [1.807, 2.05) is 0 Å². The van der Waals surface area contributed by atoms with E-state index in [9.17, 15) is 18.5 Å². The van der Waals surface area contributed by atoms with Crippen LogP contribution in [-0.2, 0) is 10.0 Å². The van der Waals surface area contributed by atoms with Crippen molar-refractivity contribution in [3.8, 4) is 0 Å². The number of sulfonamides is 1. The summed E-state index contributed by atoms with van der Waals surface area (Å²) in [6.07, 6.45) is 0.235. The molecule has 0 aliphatic rings. The number of aliphatic hydroxyl groups is 1. The zero-order chi connectivity index (χ0) is 14.6. The molecule has 0 aromatic heterocycles. The summed E-state index contributed by atoms with van der Waals surface area (Å²) in [4.78, 5) is 9.85. The van der Waals surface area contributed by atoms with Gasteiger partial charge in [0.1, 0.15) is 0 Å². The Bertz CT molecular complexity index is 570. The van der Waals surface area contributed by atoms with Crippen molar-refractivity contribution in [2.75, 3.05) is 6.61 Å². The number of hydrogen-bond donors (Lipinski definition) is 2. The molecular weight excluding hydrogens is 272 g/mol. The first kappa shape index (κ1) is 15.5. The van der Waals surface area contributed by atoms with Crippen molar-refractivity contribution in [2.24, 2.45) is 0 Å². The number of nitrogens with one attached hydrogen (secondary N) is 1. The van der Waals surface area contributed by atoms with Gasteiger partial charge in [-0.2, -0.15) is 0 Å². The predicted octanol–water partition coefficient (Wildman–Crippen LogP) is 0.952. The van der Waals surface area contributed by atoms with Crippen molar-refractivity contribution in [2.45, 2.75) is 31.2 Å². The molecular formula is C11H16N2O5S. The second-order valence-corrected chi connectivity index (χ2v) is 5.87. The van der Waals surface area contributed by atoms with Crippen LogP contribution in [0.1, 0.15) is 18.9 Å². The molecule has 8 heteroatoms. The highest BCUT2D eigenvalue weighted by molar-refractivity contribution is 7.89. The second kappa shape index (κ2) is 6.09. The summed E-state index contributed by atoms with van der Waals surface area (Å²) in [7, 11) is -3.99. The van der Waals surface area contributed by atoms with E-state index in [2.05, 4.69) is 4.72 Å². The molecule has 1 rings (SSSR count). The van der Waals surface area contributed by atoms with Gasteiger partial charge in [0.05, 0.1) is 4.92 Å². The van der Waals surface area contributed by atoms with Gasteiger partial charge < -0.3 is 5.11 Å². The Morgan fingerprint density at radius 3 is 2.63 bits per heavy atom. The van der Waals surface area contributed by atoms with Gasteiger partial charge in [0.25, 0.3) is 5.69 Å². The molecule has 0 fully saturated rings. The highest BCUT2D eigenvalue weighted by atomic mass is 32.2. The van der Waals surface area contributed by atoms with Gasteiger partial charge in [-0.1, -0.05) is 12.1 Å². The van der Waals surface area contributed by atoms with Gasteiger partial charge in [-0.3, -0.25) is 10.1 Å². The lowest BCUT2D eigenvalue weighted by Crippen LogP contribution is -2.34. The number of nitrogens with zero attached hydrogens (tertiary/aromatic N) is 1. The molecule has 0 aliphatic heterocycles. The first-order valence-electron chi connectivity index (χ1n) is 5.66. The van der Waals surface area contributed by atoms with E-state index >= 15 is 0 Å². The third kappa shape index (κ3) is 3.72. The van der Waals surface area contributed by atoms with Crippen LogP contribution in [0.5, 0.6) is 0 Å². The Balaban J connectivity index is 3.25. The van der Waals surface area contributed by atoms with Crippen LogP contribution in [0.15, 0.2) is 23.1 Å². The summed E-state index contributed by atoms with van der Waals surface area (Å²) in [5.41, 5.74) is -0.151. The lowest BCUT2D eigenvalue weighted by Gasteiger charge is -2.14.